The van der Waals surface area contributed by atoms with Crippen molar-refractivity contribution < 1.29 is 14.0 Å². The summed E-state index contributed by atoms with van der Waals surface area (Å²) in [6.45, 7) is 0.0232. The summed E-state index contributed by atoms with van der Waals surface area (Å²) in [6, 6.07) is 4.57. The van der Waals surface area contributed by atoms with Crippen molar-refractivity contribution in [2.24, 2.45) is 23.7 Å². The fourth-order valence-electron chi connectivity index (χ4n) is 3.95. The Hall–Kier alpha value is -1.49. The molecule has 3 nitrogen and oxygen atoms in total. The maximum Gasteiger partial charge on any atom is 0.234 e. The zero-order chi connectivity index (χ0) is 14.7. The van der Waals surface area contributed by atoms with Crippen molar-refractivity contribution in [2.75, 3.05) is 0 Å². The third-order valence-corrected chi connectivity index (χ3v) is 5.39. The Kier molecular flexibility index (Phi) is 2.83. The normalized spacial score (nSPS) is 33.1. The lowest BCUT2D eigenvalue weighted by Gasteiger charge is -2.17. The Morgan fingerprint density at radius 3 is 2.38 bits per heavy atom. The molecule has 1 aliphatic heterocycles. The van der Waals surface area contributed by atoms with Gasteiger partial charge in [-0.25, -0.2) is 4.39 Å². The molecule has 2 aliphatic carbocycles. The van der Waals surface area contributed by atoms with Crippen LogP contribution in [0.4, 0.5) is 4.39 Å². The van der Waals surface area contributed by atoms with Gasteiger partial charge in [-0.05, 0) is 36.5 Å². The Balaban J connectivity index is 1.64. The van der Waals surface area contributed by atoms with Crippen molar-refractivity contribution in [3.63, 3.8) is 0 Å². The second-order valence-electron chi connectivity index (χ2n) is 6.00. The molecule has 1 heterocycles. The van der Waals surface area contributed by atoms with E-state index in [-0.39, 0.29) is 42.0 Å². The minimum Gasteiger partial charge on any atom is -0.277 e. The number of carbonyl (C=O) groups excluding carboxylic acids is 2. The molecule has 3 aliphatic rings. The van der Waals surface area contributed by atoms with Crippen molar-refractivity contribution >= 4 is 27.7 Å². The number of halogens is 2. The molecule has 0 radical (unpaired) electrons. The molecule has 0 aromatic heterocycles. The Morgan fingerprint density at radius 1 is 1.14 bits per heavy atom. The molecule has 0 spiro atoms. The molecule has 21 heavy (non-hydrogen) atoms. The molecule has 108 valence electrons. The standard InChI is InChI=1S/C16H13BrFNO2/c17-11-3-4-12(18)10(6-11)7-19-15(20)13-8-1-2-9(5-8)14(13)16(19)21/h1-4,6,8-9,13-14H,5,7H2. The quantitative estimate of drug-likeness (QED) is 0.608. The summed E-state index contributed by atoms with van der Waals surface area (Å²) in [5.41, 5.74) is 0.367. The van der Waals surface area contributed by atoms with E-state index in [1.54, 1.807) is 12.1 Å². The molecule has 1 aromatic rings. The number of allylic oxidation sites excluding steroid dienone is 2. The largest absolute Gasteiger partial charge is 0.277 e. The molecule has 4 rings (SSSR count). The van der Waals surface area contributed by atoms with E-state index in [2.05, 4.69) is 28.1 Å². The summed E-state index contributed by atoms with van der Waals surface area (Å²) in [6.07, 6.45) is 5.02. The summed E-state index contributed by atoms with van der Waals surface area (Å²) in [5, 5.41) is 0. The average Bonchev–Trinajstić information content (AvgIpc) is 3.12. The van der Waals surface area contributed by atoms with Crippen LogP contribution in [0, 0.1) is 29.5 Å². The van der Waals surface area contributed by atoms with Gasteiger partial charge in [0, 0.05) is 10.0 Å². The monoisotopic (exact) mass is 349 g/mol. The van der Waals surface area contributed by atoms with Gasteiger partial charge in [-0.2, -0.15) is 0 Å². The molecule has 2 fully saturated rings. The van der Waals surface area contributed by atoms with Gasteiger partial charge in [0.25, 0.3) is 0 Å². The fraction of sp³-hybridized carbons (Fsp3) is 0.375. The zero-order valence-electron chi connectivity index (χ0n) is 11.1. The van der Waals surface area contributed by atoms with Gasteiger partial charge >= 0.3 is 0 Å². The van der Waals surface area contributed by atoms with E-state index in [1.807, 2.05) is 0 Å². The van der Waals surface area contributed by atoms with Crippen LogP contribution in [0.1, 0.15) is 12.0 Å². The molecule has 1 aromatic carbocycles. The summed E-state index contributed by atoms with van der Waals surface area (Å²) >= 11 is 3.29. The SMILES string of the molecule is O=C1C2C3C=CC(C3)C2C(=O)N1Cc1cc(Br)ccc1F. The number of carbonyl (C=O) groups is 2. The van der Waals surface area contributed by atoms with Crippen LogP contribution in [-0.2, 0) is 16.1 Å². The second-order valence-corrected chi connectivity index (χ2v) is 6.91. The van der Waals surface area contributed by atoms with Crippen LogP contribution >= 0.6 is 15.9 Å². The first kappa shape index (κ1) is 13.2. The van der Waals surface area contributed by atoms with Crippen LogP contribution < -0.4 is 0 Å². The zero-order valence-corrected chi connectivity index (χ0v) is 12.7. The van der Waals surface area contributed by atoms with E-state index in [1.165, 1.54) is 11.0 Å². The minimum atomic E-state index is -0.392. The number of fused-ring (bicyclic) bond motifs is 5. The first-order chi connectivity index (χ1) is 10.1. The highest BCUT2D eigenvalue weighted by Gasteiger charge is 2.59. The maximum absolute atomic E-state index is 13.9. The maximum atomic E-state index is 13.9. The number of imide groups is 1. The number of benzene rings is 1. The third-order valence-electron chi connectivity index (χ3n) is 4.90. The van der Waals surface area contributed by atoms with Gasteiger partial charge in [0.15, 0.2) is 0 Å². The Bertz CT molecular complexity index is 657. The predicted molar refractivity (Wildman–Crippen MR) is 77.4 cm³/mol. The third kappa shape index (κ3) is 1.83. The predicted octanol–water partition coefficient (Wildman–Crippen LogP) is 2.90. The van der Waals surface area contributed by atoms with E-state index < -0.39 is 5.82 Å². The topological polar surface area (TPSA) is 37.4 Å². The summed E-state index contributed by atoms with van der Waals surface area (Å²) < 4.78 is 14.6. The smallest absolute Gasteiger partial charge is 0.234 e. The van der Waals surface area contributed by atoms with Crippen molar-refractivity contribution in [2.45, 2.75) is 13.0 Å². The van der Waals surface area contributed by atoms with Crippen molar-refractivity contribution in [1.82, 2.24) is 4.90 Å². The summed E-state index contributed by atoms with van der Waals surface area (Å²) in [4.78, 5) is 26.3. The van der Waals surface area contributed by atoms with E-state index in [0.717, 1.165) is 10.9 Å². The Morgan fingerprint density at radius 2 is 1.76 bits per heavy atom. The number of likely N-dealkylation sites (tertiary alicyclic amines) is 1. The molecule has 4 unspecified atom stereocenters. The first-order valence-corrected chi connectivity index (χ1v) is 7.83. The molecule has 2 amide bonds. The van der Waals surface area contributed by atoms with Crippen molar-refractivity contribution in [3.05, 3.63) is 46.2 Å². The van der Waals surface area contributed by atoms with Crippen LogP contribution in [-0.4, -0.2) is 16.7 Å². The molecule has 2 bridgehead atoms. The van der Waals surface area contributed by atoms with Gasteiger partial charge in [-0.1, -0.05) is 28.1 Å². The van der Waals surface area contributed by atoms with Gasteiger partial charge in [-0.15, -0.1) is 0 Å². The van der Waals surface area contributed by atoms with Crippen LogP contribution in [0.5, 0.6) is 0 Å². The van der Waals surface area contributed by atoms with Crippen LogP contribution in [0.3, 0.4) is 0 Å². The van der Waals surface area contributed by atoms with E-state index >= 15 is 0 Å². The highest BCUT2D eigenvalue weighted by Crippen LogP contribution is 2.52. The van der Waals surface area contributed by atoms with Gasteiger partial charge < -0.3 is 0 Å². The minimum absolute atomic E-state index is 0.0232. The van der Waals surface area contributed by atoms with Crippen molar-refractivity contribution in [1.29, 1.82) is 0 Å². The van der Waals surface area contributed by atoms with Gasteiger partial charge in [-0.3, -0.25) is 14.5 Å². The molecule has 1 saturated heterocycles. The summed E-state index contributed by atoms with van der Waals surface area (Å²) in [5.74, 6) is -0.729. The molecule has 4 atom stereocenters. The molecule has 5 heteroatoms. The molecular formula is C16H13BrFNO2. The molecule has 1 saturated carbocycles. The number of rotatable bonds is 2. The Labute approximate surface area is 129 Å². The van der Waals surface area contributed by atoms with Crippen LogP contribution in [0.2, 0.25) is 0 Å². The van der Waals surface area contributed by atoms with E-state index in [9.17, 15) is 14.0 Å². The lowest BCUT2D eigenvalue weighted by molar-refractivity contribution is -0.141. The average molecular weight is 350 g/mol. The van der Waals surface area contributed by atoms with E-state index in [4.69, 9.17) is 0 Å². The van der Waals surface area contributed by atoms with Gasteiger partial charge in [0.1, 0.15) is 5.82 Å². The van der Waals surface area contributed by atoms with Crippen LogP contribution in [0.25, 0.3) is 0 Å². The fourth-order valence-corrected chi connectivity index (χ4v) is 4.36. The van der Waals surface area contributed by atoms with E-state index in [0.29, 0.717) is 5.56 Å². The number of hydrogen-bond acceptors (Lipinski definition) is 2. The van der Waals surface area contributed by atoms with Gasteiger partial charge in [0.05, 0.1) is 18.4 Å². The number of amides is 2. The lowest BCUT2D eigenvalue weighted by Crippen LogP contribution is -2.32. The number of hydrogen-bond donors (Lipinski definition) is 0. The highest BCUT2D eigenvalue weighted by atomic mass is 79.9. The highest BCUT2D eigenvalue weighted by molar-refractivity contribution is 9.10. The van der Waals surface area contributed by atoms with Crippen molar-refractivity contribution in [3.8, 4) is 0 Å². The first-order valence-electron chi connectivity index (χ1n) is 7.04. The van der Waals surface area contributed by atoms with Crippen LogP contribution in [0.15, 0.2) is 34.8 Å². The lowest BCUT2D eigenvalue weighted by atomic mass is 9.85. The molecular weight excluding hydrogens is 337 g/mol. The number of nitrogens with zero attached hydrogens (tertiary/aromatic N) is 1. The summed E-state index contributed by atoms with van der Waals surface area (Å²) in [7, 11) is 0. The second kappa shape index (κ2) is 4.50. The van der Waals surface area contributed by atoms with Gasteiger partial charge in [0.2, 0.25) is 11.8 Å². The molecule has 0 N–H and O–H groups in total.